The number of benzene rings is 2. The van der Waals surface area contributed by atoms with Crippen molar-refractivity contribution in [1.29, 1.82) is 0 Å². The lowest BCUT2D eigenvalue weighted by molar-refractivity contribution is -0.117. The molecule has 1 saturated carbocycles. The average Bonchev–Trinajstić information content (AvgIpc) is 3.55. The quantitative estimate of drug-likeness (QED) is 0.604. The van der Waals surface area contributed by atoms with E-state index in [1.807, 2.05) is 54.6 Å². The van der Waals surface area contributed by atoms with Gasteiger partial charge in [-0.15, -0.1) is 0 Å². The van der Waals surface area contributed by atoms with Crippen LogP contribution < -0.4 is 15.4 Å². The van der Waals surface area contributed by atoms with Crippen molar-refractivity contribution in [3.8, 4) is 11.4 Å². The fourth-order valence-corrected chi connectivity index (χ4v) is 3.12. The van der Waals surface area contributed by atoms with Crippen LogP contribution in [0.5, 0.6) is 5.75 Å². The Morgan fingerprint density at radius 1 is 1.10 bits per heavy atom. The van der Waals surface area contributed by atoms with E-state index in [0.29, 0.717) is 18.8 Å². The van der Waals surface area contributed by atoms with Gasteiger partial charge in [0.25, 0.3) is 5.91 Å². The van der Waals surface area contributed by atoms with Crippen LogP contribution in [0, 0.1) is 5.92 Å². The number of anilines is 1. The molecule has 0 aliphatic heterocycles. The normalized spacial score (nSPS) is 13.0. The van der Waals surface area contributed by atoms with E-state index in [1.54, 1.807) is 17.9 Å². The van der Waals surface area contributed by atoms with E-state index in [4.69, 9.17) is 4.74 Å². The first-order valence-corrected chi connectivity index (χ1v) is 10.0. The van der Waals surface area contributed by atoms with Crippen LogP contribution in [0.1, 0.15) is 28.9 Å². The summed E-state index contributed by atoms with van der Waals surface area (Å²) in [7, 11) is 1.63. The molecule has 1 fully saturated rings. The van der Waals surface area contributed by atoms with Crippen LogP contribution in [-0.2, 0) is 11.2 Å². The molecule has 4 rings (SSSR count). The van der Waals surface area contributed by atoms with Crippen molar-refractivity contribution in [2.45, 2.75) is 19.3 Å². The molecule has 0 unspecified atom stereocenters. The van der Waals surface area contributed by atoms with Gasteiger partial charge in [-0.05, 0) is 49.1 Å². The molecule has 7 nitrogen and oxygen atoms in total. The number of carbonyl (C=O) groups is 2. The largest absolute Gasteiger partial charge is 0.497 e. The van der Waals surface area contributed by atoms with Gasteiger partial charge in [0.15, 0.2) is 5.69 Å². The monoisotopic (exact) mass is 404 g/mol. The number of methoxy groups -OCH3 is 1. The minimum atomic E-state index is -0.278. The molecule has 0 radical (unpaired) electrons. The second-order valence-electron chi connectivity index (χ2n) is 7.28. The summed E-state index contributed by atoms with van der Waals surface area (Å²) >= 11 is 0. The Morgan fingerprint density at radius 2 is 1.83 bits per heavy atom. The molecule has 30 heavy (non-hydrogen) atoms. The van der Waals surface area contributed by atoms with Gasteiger partial charge in [-0.3, -0.25) is 9.59 Å². The Morgan fingerprint density at radius 3 is 2.50 bits per heavy atom. The molecule has 0 saturated heterocycles. The fraction of sp³-hybridized carbons (Fsp3) is 0.261. The van der Waals surface area contributed by atoms with E-state index >= 15 is 0 Å². The number of nitrogens with zero attached hydrogens (tertiary/aromatic N) is 2. The van der Waals surface area contributed by atoms with Crippen LogP contribution in [0.3, 0.4) is 0 Å². The molecular weight excluding hydrogens is 380 g/mol. The predicted octanol–water partition coefficient (Wildman–Crippen LogP) is 3.20. The lowest BCUT2D eigenvalue weighted by Crippen LogP contribution is -2.26. The zero-order chi connectivity index (χ0) is 20.9. The molecule has 0 atom stereocenters. The van der Waals surface area contributed by atoms with Crippen molar-refractivity contribution in [3.63, 3.8) is 0 Å². The number of amides is 2. The lowest BCUT2D eigenvalue weighted by atomic mass is 10.1. The Labute approximate surface area is 175 Å². The molecule has 1 aromatic heterocycles. The number of para-hydroxylation sites is 1. The second-order valence-corrected chi connectivity index (χ2v) is 7.28. The Kier molecular flexibility index (Phi) is 5.79. The summed E-state index contributed by atoms with van der Waals surface area (Å²) in [6.45, 7) is 0.479. The van der Waals surface area contributed by atoms with Gasteiger partial charge >= 0.3 is 0 Å². The Hall–Kier alpha value is -3.61. The molecule has 0 bridgehead atoms. The molecule has 154 valence electrons. The van der Waals surface area contributed by atoms with Crippen molar-refractivity contribution in [1.82, 2.24) is 15.1 Å². The van der Waals surface area contributed by atoms with Gasteiger partial charge in [0.05, 0.1) is 12.8 Å². The molecule has 2 aromatic carbocycles. The molecule has 1 heterocycles. The van der Waals surface area contributed by atoms with Gasteiger partial charge in [0.1, 0.15) is 11.6 Å². The van der Waals surface area contributed by atoms with Crippen LogP contribution in [0.25, 0.3) is 5.69 Å². The van der Waals surface area contributed by atoms with E-state index in [2.05, 4.69) is 15.7 Å². The summed E-state index contributed by atoms with van der Waals surface area (Å²) in [6, 6.07) is 18.8. The lowest BCUT2D eigenvalue weighted by Gasteiger charge is -2.08. The maximum atomic E-state index is 12.6. The van der Waals surface area contributed by atoms with Crippen LogP contribution >= 0.6 is 0 Å². The van der Waals surface area contributed by atoms with E-state index < -0.39 is 0 Å². The smallest absolute Gasteiger partial charge is 0.271 e. The SMILES string of the molecule is COc1ccc(CCNC(=O)c2cc(NC(=O)C3CC3)n(-c3ccccc3)n2)cc1. The third kappa shape index (κ3) is 4.68. The first-order valence-electron chi connectivity index (χ1n) is 10.0. The van der Waals surface area contributed by atoms with E-state index in [0.717, 1.165) is 29.8 Å². The third-order valence-corrected chi connectivity index (χ3v) is 5.00. The topological polar surface area (TPSA) is 85.3 Å². The van der Waals surface area contributed by atoms with Crippen LogP contribution in [0.15, 0.2) is 60.7 Å². The molecule has 1 aliphatic rings. The van der Waals surface area contributed by atoms with Crippen molar-refractivity contribution in [2.75, 3.05) is 19.0 Å². The van der Waals surface area contributed by atoms with Crippen LogP contribution in [0.2, 0.25) is 0 Å². The standard InChI is InChI=1S/C23H24N4O3/c1-30-19-11-7-16(8-12-19)13-14-24-23(29)20-15-21(25-22(28)17-9-10-17)27(26-20)18-5-3-2-4-6-18/h2-8,11-12,15,17H,9-10,13-14H2,1H3,(H,24,29)(H,25,28). The molecule has 7 heteroatoms. The minimum Gasteiger partial charge on any atom is -0.497 e. The van der Waals surface area contributed by atoms with Gasteiger partial charge in [0.2, 0.25) is 5.91 Å². The predicted molar refractivity (Wildman–Crippen MR) is 114 cm³/mol. The summed E-state index contributed by atoms with van der Waals surface area (Å²) in [6.07, 6.45) is 2.51. The van der Waals surface area contributed by atoms with Gasteiger partial charge in [-0.25, -0.2) is 4.68 Å². The Bertz CT molecular complexity index is 1020. The highest BCUT2D eigenvalue weighted by Gasteiger charge is 2.30. The van der Waals surface area contributed by atoms with Crippen molar-refractivity contribution in [2.24, 2.45) is 5.92 Å². The van der Waals surface area contributed by atoms with Crippen molar-refractivity contribution in [3.05, 3.63) is 71.9 Å². The average molecular weight is 404 g/mol. The van der Waals surface area contributed by atoms with Gasteiger partial charge in [0, 0.05) is 18.5 Å². The zero-order valence-corrected chi connectivity index (χ0v) is 16.8. The minimum absolute atomic E-state index is 0.0291. The van der Waals surface area contributed by atoms with E-state index in [-0.39, 0.29) is 23.4 Å². The van der Waals surface area contributed by atoms with Crippen molar-refractivity contribution < 1.29 is 14.3 Å². The number of hydrogen-bond acceptors (Lipinski definition) is 4. The maximum Gasteiger partial charge on any atom is 0.271 e. The Balaban J connectivity index is 1.44. The van der Waals surface area contributed by atoms with Crippen LogP contribution in [0.4, 0.5) is 5.82 Å². The highest BCUT2D eigenvalue weighted by Crippen LogP contribution is 2.30. The summed E-state index contributed by atoms with van der Waals surface area (Å²) in [5.41, 5.74) is 2.14. The first kappa shape index (κ1) is 19.7. The van der Waals surface area contributed by atoms with E-state index in [9.17, 15) is 9.59 Å². The number of hydrogen-bond donors (Lipinski definition) is 2. The zero-order valence-electron chi connectivity index (χ0n) is 16.8. The summed E-state index contributed by atoms with van der Waals surface area (Å²) in [4.78, 5) is 24.9. The van der Waals surface area contributed by atoms with Crippen LogP contribution in [-0.4, -0.2) is 35.2 Å². The first-order chi connectivity index (χ1) is 14.6. The summed E-state index contributed by atoms with van der Waals surface area (Å²) < 4.78 is 6.75. The number of aromatic nitrogens is 2. The van der Waals surface area contributed by atoms with Gasteiger partial charge < -0.3 is 15.4 Å². The second kappa shape index (κ2) is 8.82. The van der Waals surface area contributed by atoms with Gasteiger partial charge in [-0.2, -0.15) is 5.10 Å². The molecule has 2 amide bonds. The molecular formula is C23H24N4O3. The highest BCUT2D eigenvalue weighted by molar-refractivity contribution is 5.97. The van der Waals surface area contributed by atoms with Crippen molar-refractivity contribution >= 4 is 17.6 Å². The maximum absolute atomic E-state index is 12.6. The number of rotatable bonds is 8. The fourth-order valence-electron chi connectivity index (χ4n) is 3.12. The van der Waals surface area contributed by atoms with E-state index in [1.165, 1.54) is 0 Å². The third-order valence-electron chi connectivity index (χ3n) is 5.00. The molecule has 1 aliphatic carbocycles. The molecule has 3 aromatic rings. The summed E-state index contributed by atoms with van der Waals surface area (Å²) in [5.74, 6) is 1.05. The number of nitrogens with one attached hydrogen (secondary N) is 2. The number of ether oxygens (including phenoxy) is 1. The van der Waals surface area contributed by atoms with Gasteiger partial charge in [-0.1, -0.05) is 30.3 Å². The number of carbonyl (C=O) groups excluding carboxylic acids is 2. The molecule has 0 spiro atoms. The summed E-state index contributed by atoms with van der Waals surface area (Å²) in [5, 5.41) is 10.2. The highest BCUT2D eigenvalue weighted by atomic mass is 16.5. The molecule has 2 N–H and O–H groups in total.